The summed E-state index contributed by atoms with van der Waals surface area (Å²) in [6.45, 7) is 0.802. The number of carbonyl (C=O) groups is 1. The van der Waals surface area contributed by atoms with Crippen molar-refractivity contribution in [3.8, 4) is 5.75 Å². The standard InChI is InChI=1S/C16H17N3O2/c17-9-13-7-12(5-6-18-13)16(20)19-10-14-8-11-3-1-2-4-15(11)21-14/h1-7,14H,8-10,17H2,(H,19,20). The highest BCUT2D eigenvalue weighted by atomic mass is 16.5. The predicted molar refractivity (Wildman–Crippen MR) is 79.0 cm³/mol. The van der Waals surface area contributed by atoms with Crippen LogP contribution in [0, 0.1) is 0 Å². The first-order valence-electron chi connectivity index (χ1n) is 6.94. The number of aromatic nitrogens is 1. The van der Waals surface area contributed by atoms with Gasteiger partial charge in [0, 0.05) is 24.7 Å². The third-order valence-corrected chi connectivity index (χ3v) is 3.49. The number of fused-ring (bicyclic) bond motifs is 1. The molecule has 1 amide bonds. The van der Waals surface area contributed by atoms with Crippen LogP contribution in [-0.2, 0) is 13.0 Å². The van der Waals surface area contributed by atoms with E-state index in [-0.39, 0.29) is 12.0 Å². The summed E-state index contributed by atoms with van der Waals surface area (Å²) in [5, 5.41) is 2.89. The van der Waals surface area contributed by atoms with Crippen LogP contribution in [0.4, 0.5) is 0 Å². The molecule has 1 unspecified atom stereocenters. The van der Waals surface area contributed by atoms with Crippen molar-refractivity contribution in [2.45, 2.75) is 19.1 Å². The lowest BCUT2D eigenvalue weighted by Gasteiger charge is -2.12. The summed E-state index contributed by atoms with van der Waals surface area (Å²) < 4.78 is 5.79. The van der Waals surface area contributed by atoms with Gasteiger partial charge in [0.05, 0.1) is 12.2 Å². The number of nitrogens with two attached hydrogens (primary N) is 1. The van der Waals surface area contributed by atoms with Crippen molar-refractivity contribution >= 4 is 5.91 Å². The number of para-hydroxylation sites is 1. The Hall–Kier alpha value is -2.40. The van der Waals surface area contributed by atoms with Crippen LogP contribution in [0.2, 0.25) is 0 Å². The molecular weight excluding hydrogens is 266 g/mol. The predicted octanol–water partition coefficient (Wildman–Crippen LogP) is 1.27. The van der Waals surface area contributed by atoms with E-state index in [0.29, 0.717) is 24.3 Å². The third kappa shape index (κ3) is 3.03. The lowest BCUT2D eigenvalue weighted by Crippen LogP contribution is -2.34. The van der Waals surface area contributed by atoms with Gasteiger partial charge in [0.2, 0.25) is 0 Å². The van der Waals surface area contributed by atoms with Gasteiger partial charge >= 0.3 is 0 Å². The first kappa shape index (κ1) is 13.6. The van der Waals surface area contributed by atoms with Gasteiger partial charge < -0.3 is 15.8 Å². The average molecular weight is 283 g/mol. The maximum atomic E-state index is 12.1. The van der Waals surface area contributed by atoms with E-state index >= 15 is 0 Å². The Morgan fingerprint density at radius 3 is 3.05 bits per heavy atom. The number of hydrogen-bond donors (Lipinski definition) is 2. The van der Waals surface area contributed by atoms with E-state index in [0.717, 1.165) is 12.2 Å². The number of nitrogens with zero attached hydrogens (tertiary/aromatic N) is 1. The van der Waals surface area contributed by atoms with E-state index < -0.39 is 0 Å². The number of hydrogen-bond acceptors (Lipinski definition) is 4. The molecule has 0 saturated heterocycles. The van der Waals surface area contributed by atoms with Crippen LogP contribution in [0.5, 0.6) is 5.75 Å². The molecule has 1 aromatic heterocycles. The Labute approximate surface area is 123 Å². The summed E-state index contributed by atoms with van der Waals surface area (Å²) in [5.74, 6) is 0.776. The van der Waals surface area contributed by atoms with Crippen molar-refractivity contribution in [3.63, 3.8) is 0 Å². The molecule has 0 radical (unpaired) electrons. The molecule has 0 aliphatic carbocycles. The summed E-state index contributed by atoms with van der Waals surface area (Å²) in [6, 6.07) is 11.3. The number of benzene rings is 1. The molecule has 0 spiro atoms. The molecule has 5 heteroatoms. The van der Waals surface area contributed by atoms with Crippen LogP contribution < -0.4 is 15.8 Å². The fraction of sp³-hybridized carbons (Fsp3) is 0.250. The molecule has 1 aliphatic rings. The van der Waals surface area contributed by atoms with Crippen LogP contribution in [-0.4, -0.2) is 23.5 Å². The number of amides is 1. The van der Waals surface area contributed by atoms with Gasteiger partial charge in [-0.1, -0.05) is 18.2 Å². The van der Waals surface area contributed by atoms with Crippen molar-refractivity contribution in [1.82, 2.24) is 10.3 Å². The van der Waals surface area contributed by atoms with E-state index in [1.807, 2.05) is 24.3 Å². The normalized spacial score (nSPS) is 16.1. The third-order valence-electron chi connectivity index (χ3n) is 3.49. The minimum absolute atomic E-state index is 0.0119. The Balaban J connectivity index is 1.57. The van der Waals surface area contributed by atoms with Crippen LogP contribution in [0.25, 0.3) is 0 Å². The first-order valence-corrected chi connectivity index (χ1v) is 6.94. The lowest BCUT2D eigenvalue weighted by atomic mass is 10.1. The van der Waals surface area contributed by atoms with Crippen molar-refractivity contribution in [3.05, 3.63) is 59.4 Å². The molecule has 21 heavy (non-hydrogen) atoms. The Bertz CT molecular complexity index is 632. The Kier molecular flexibility index (Phi) is 3.83. The van der Waals surface area contributed by atoms with Crippen molar-refractivity contribution in [2.24, 2.45) is 5.73 Å². The Morgan fingerprint density at radius 1 is 1.38 bits per heavy atom. The highest BCUT2D eigenvalue weighted by Crippen LogP contribution is 2.27. The van der Waals surface area contributed by atoms with Crippen LogP contribution in [0.15, 0.2) is 42.6 Å². The smallest absolute Gasteiger partial charge is 0.251 e. The number of carbonyl (C=O) groups excluding carboxylic acids is 1. The second-order valence-electron chi connectivity index (χ2n) is 5.00. The van der Waals surface area contributed by atoms with Gasteiger partial charge in [0.15, 0.2) is 0 Å². The van der Waals surface area contributed by atoms with Gasteiger partial charge in [-0.25, -0.2) is 0 Å². The minimum Gasteiger partial charge on any atom is -0.488 e. The highest BCUT2D eigenvalue weighted by Gasteiger charge is 2.22. The molecule has 108 valence electrons. The van der Waals surface area contributed by atoms with Gasteiger partial charge in [-0.3, -0.25) is 9.78 Å². The Morgan fingerprint density at radius 2 is 2.24 bits per heavy atom. The minimum atomic E-state index is -0.133. The molecule has 3 rings (SSSR count). The second-order valence-corrected chi connectivity index (χ2v) is 5.00. The zero-order valence-electron chi connectivity index (χ0n) is 11.6. The second kappa shape index (κ2) is 5.93. The van der Waals surface area contributed by atoms with E-state index in [9.17, 15) is 4.79 Å². The number of rotatable bonds is 4. The van der Waals surface area contributed by atoms with Crippen LogP contribution in [0.3, 0.4) is 0 Å². The van der Waals surface area contributed by atoms with Gasteiger partial charge in [0.1, 0.15) is 11.9 Å². The van der Waals surface area contributed by atoms with Gasteiger partial charge in [-0.2, -0.15) is 0 Å². The molecule has 0 fully saturated rings. The van der Waals surface area contributed by atoms with Crippen molar-refractivity contribution < 1.29 is 9.53 Å². The van der Waals surface area contributed by atoms with Gasteiger partial charge in [-0.05, 0) is 23.8 Å². The molecular formula is C16H17N3O2. The highest BCUT2D eigenvalue weighted by molar-refractivity contribution is 5.94. The summed E-state index contributed by atoms with van der Waals surface area (Å²) >= 11 is 0. The maximum absolute atomic E-state index is 12.1. The summed E-state index contributed by atoms with van der Waals surface area (Å²) in [5.41, 5.74) is 7.98. The molecule has 2 heterocycles. The fourth-order valence-corrected chi connectivity index (χ4v) is 2.41. The molecule has 0 bridgehead atoms. The van der Waals surface area contributed by atoms with E-state index in [1.165, 1.54) is 5.56 Å². The van der Waals surface area contributed by atoms with E-state index in [4.69, 9.17) is 10.5 Å². The largest absolute Gasteiger partial charge is 0.488 e. The molecule has 5 nitrogen and oxygen atoms in total. The molecule has 1 aliphatic heterocycles. The summed E-state index contributed by atoms with van der Waals surface area (Å²) in [7, 11) is 0. The monoisotopic (exact) mass is 283 g/mol. The van der Waals surface area contributed by atoms with Gasteiger partial charge in [-0.15, -0.1) is 0 Å². The number of pyridine rings is 1. The van der Waals surface area contributed by atoms with Crippen molar-refractivity contribution in [2.75, 3.05) is 6.54 Å². The number of nitrogens with one attached hydrogen (secondary N) is 1. The molecule has 2 aromatic rings. The zero-order valence-corrected chi connectivity index (χ0v) is 11.6. The summed E-state index contributed by atoms with van der Waals surface area (Å²) in [6.07, 6.45) is 2.40. The van der Waals surface area contributed by atoms with Crippen LogP contribution >= 0.6 is 0 Å². The maximum Gasteiger partial charge on any atom is 0.251 e. The molecule has 3 N–H and O–H groups in total. The van der Waals surface area contributed by atoms with E-state index in [2.05, 4.69) is 10.3 Å². The zero-order chi connectivity index (χ0) is 14.7. The van der Waals surface area contributed by atoms with Crippen molar-refractivity contribution in [1.29, 1.82) is 0 Å². The van der Waals surface area contributed by atoms with Crippen LogP contribution in [0.1, 0.15) is 21.6 Å². The van der Waals surface area contributed by atoms with E-state index in [1.54, 1.807) is 18.3 Å². The number of ether oxygens (including phenoxy) is 1. The van der Waals surface area contributed by atoms with Gasteiger partial charge in [0.25, 0.3) is 5.91 Å². The quantitative estimate of drug-likeness (QED) is 0.886. The molecule has 1 aromatic carbocycles. The SMILES string of the molecule is NCc1cc(C(=O)NCC2Cc3ccccc3O2)ccn1. The molecule has 1 atom stereocenters. The topological polar surface area (TPSA) is 77.2 Å². The average Bonchev–Trinajstić information content (AvgIpc) is 2.95. The lowest BCUT2D eigenvalue weighted by molar-refractivity contribution is 0.0933. The molecule has 0 saturated carbocycles. The first-order chi connectivity index (χ1) is 10.3. The summed E-state index contributed by atoms with van der Waals surface area (Å²) in [4.78, 5) is 16.2. The fourth-order valence-electron chi connectivity index (χ4n) is 2.41.